The van der Waals surface area contributed by atoms with Crippen molar-refractivity contribution in [3.05, 3.63) is 72.1 Å². The number of pyridine rings is 1. The van der Waals surface area contributed by atoms with E-state index < -0.39 is 5.66 Å². The fourth-order valence-electron chi connectivity index (χ4n) is 3.30. The van der Waals surface area contributed by atoms with Gasteiger partial charge in [0.2, 0.25) is 0 Å². The summed E-state index contributed by atoms with van der Waals surface area (Å²) in [5.41, 5.74) is -0.690. The zero-order valence-corrected chi connectivity index (χ0v) is 19.0. The third-order valence-corrected chi connectivity index (χ3v) is 6.36. The molecule has 0 aliphatic rings. The van der Waals surface area contributed by atoms with Gasteiger partial charge in [0, 0.05) is 36.9 Å². The largest absolute Gasteiger partial charge is 0.373 e. The first-order valence-electron chi connectivity index (χ1n) is 9.96. The van der Waals surface area contributed by atoms with Gasteiger partial charge in [-0.2, -0.15) is 8.78 Å². The number of halogens is 2. The predicted molar refractivity (Wildman–Crippen MR) is 129 cm³/mol. The molecule has 0 aliphatic carbocycles. The van der Waals surface area contributed by atoms with Crippen molar-refractivity contribution in [1.82, 2.24) is 9.97 Å². The lowest BCUT2D eigenvalue weighted by atomic mass is 10.1. The van der Waals surface area contributed by atoms with Crippen molar-refractivity contribution in [3.8, 4) is 10.4 Å². The third-order valence-electron chi connectivity index (χ3n) is 5.03. The Balaban J connectivity index is 1.33. The van der Waals surface area contributed by atoms with E-state index in [2.05, 4.69) is 38.8 Å². The van der Waals surface area contributed by atoms with E-state index in [1.54, 1.807) is 32.7 Å². The molecule has 4 nitrogen and oxygen atoms in total. The molecular weight excluding hydrogens is 433 g/mol. The maximum Gasteiger partial charge on any atom is 0.283 e. The maximum atomic E-state index is 13.3. The number of nitrogens with one attached hydrogen (secondary N) is 2. The minimum absolute atomic E-state index is 0.0156. The lowest BCUT2D eigenvalue weighted by molar-refractivity contribution is 0.104. The standard InChI is InChI=1S/C23H23F2N4PS/c1-26-21-12-18-11-16(6-7-17(18)13-28-21)20-14-29-22(31-20)27-10-2-3-15-4-8-19(9-5-15)23(24,25)30/h4-9,11-14H,2-3,10,30H2,1H3,(H,26,28)(H,27,29). The van der Waals surface area contributed by atoms with Gasteiger partial charge in [-0.05, 0) is 41.5 Å². The van der Waals surface area contributed by atoms with Crippen molar-refractivity contribution >= 4 is 42.3 Å². The molecule has 0 amide bonds. The number of fused-ring (bicyclic) bond motifs is 1. The van der Waals surface area contributed by atoms with Crippen LogP contribution in [0.4, 0.5) is 19.7 Å². The molecule has 2 aromatic heterocycles. The average molecular weight is 457 g/mol. The van der Waals surface area contributed by atoms with Crippen LogP contribution in [-0.2, 0) is 12.1 Å². The molecule has 1 atom stereocenters. The highest BCUT2D eigenvalue weighted by atomic mass is 32.1. The molecule has 2 aromatic carbocycles. The SMILES string of the molecule is CNc1cc2cc(-c3cnc(NCCCc4ccc(C(F)(F)P)cc4)s3)ccc2cn1. The number of aromatic nitrogens is 2. The molecule has 0 saturated heterocycles. The van der Waals surface area contributed by atoms with Crippen LogP contribution in [0.2, 0.25) is 0 Å². The summed E-state index contributed by atoms with van der Waals surface area (Å²) in [6.45, 7) is 0.767. The number of hydrogen-bond donors (Lipinski definition) is 2. The Bertz CT molecular complexity index is 1170. The van der Waals surface area contributed by atoms with E-state index in [1.807, 2.05) is 25.5 Å². The molecule has 1 unspecified atom stereocenters. The first kappa shape index (κ1) is 21.6. The summed E-state index contributed by atoms with van der Waals surface area (Å²) in [4.78, 5) is 9.93. The Kier molecular flexibility index (Phi) is 6.44. The third kappa shape index (κ3) is 5.35. The van der Waals surface area contributed by atoms with Crippen LogP contribution in [0.25, 0.3) is 21.2 Å². The molecule has 0 fully saturated rings. The van der Waals surface area contributed by atoms with Gasteiger partial charge >= 0.3 is 0 Å². The van der Waals surface area contributed by atoms with Crippen molar-refractivity contribution in [2.24, 2.45) is 0 Å². The zero-order valence-electron chi connectivity index (χ0n) is 17.0. The Labute approximate surface area is 186 Å². The molecular formula is C23H23F2N4PS. The van der Waals surface area contributed by atoms with Crippen molar-refractivity contribution < 1.29 is 8.78 Å². The predicted octanol–water partition coefficient (Wildman–Crippen LogP) is 6.37. The van der Waals surface area contributed by atoms with Crippen LogP contribution >= 0.6 is 20.6 Å². The summed E-state index contributed by atoms with van der Waals surface area (Å²) in [5, 5.41) is 9.53. The van der Waals surface area contributed by atoms with E-state index in [1.165, 1.54) is 12.1 Å². The van der Waals surface area contributed by atoms with E-state index >= 15 is 0 Å². The van der Waals surface area contributed by atoms with Gasteiger partial charge in [-0.1, -0.05) is 57.0 Å². The minimum atomic E-state index is -2.88. The number of rotatable bonds is 8. The van der Waals surface area contributed by atoms with Crippen LogP contribution in [0, 0.1) is 0 Å². The zero-order chi connectivity index (χ0) is 21.8. The van der Waals surface area contributed by atoms with Gasteiger partial charge in [-0.3, -0.25) is 0 Å². The minimum Gasteiger partial charge on any atom is -0.373 e. The molecule has 0 saturated carbocycles. The number of alkyl halides is 2. The van der Waals surface area contributed by atoms with Crippen LogP contribution < -0.4 is 10.6 Å². The molecule has 160 valence electrons. The van der Waals surface area contributed by atoms with Gasteiger partial charge in [-0.15, -0.1) is 0 Å². The second-order valence-corrected chi connectivity index (χ2v) is 9.02. The van der Waals surface area contributed by atoms with E-state index in [-0.39, 0.29) is 5.56 Å². The summed E-state index contributed by atoms with van der Waals surface area (Å²) >= 11 is 1.62. The summed E-state index contributed by atoms with van der Waals surface area (Å²) in [7, 11) is 3.43. The van der Waals surface area contributed by atoms with Crippen LogP contribution in [0.1, 0.15) is 17.5 Å². The van der Waals surface area contributed by atoms with Crippen molar-refractivity contribution in [1.29, 1.82) is 0 Å². The molecule has 2 N–H and O–H groups in total. The van der Waals surface area contributed by atoms with Crippen molar-refractivity contribution in [3.63, 3.8) is 0 Å². The van der Waals surface area contributed by atoms with Gasteiger partial charge in [0.25, 0.3) is 5.66 Å². The summed E-state index contributed by atoms with van der Waals surface area (Å²) < 4.78 is 26.5. The number of anilines is 2. The topological polar surface area (TPSA) is 49.8 Å². The lowest BCUT2D eigenvalue weighted by Gasteiger charge is -2.11. The average Bonchev–Trinajstić information content (AvgIpc) is 3.24. The van der Waals surface area contributed by atoms with E-state index in [4.69, 9.17) is 0 Å². The summed E-state index contributed by atoms with van der Waals surface area (Å²) in [6.07, 6.45) is 5.46. The van der Waals surface area contributed by atoms with Crippen LogP contribution in [0.5, 0.6) is 0 Å². The smallest absolute Gasteiger partial charge is 0.283 e. The van der Waals surface area contributed by atoms with E-state index in [0.717, 1.165) is 57.1 Å². The maximum absolute atomic E-state index is 13.3. The van der Waals surface area contributed by atoms with Gasteiger partial charge < -0.3 is 10.6 Å². The molecule has 4 aromatic rings. The molecule has 4 rings (SSSR count). The second-order valence-electron chi connectivity index (χ2n) is 7.26. The fourth-order valence-corrected chi connectivity index (χ4v) is 4.33. The van der Waals surface area contributed by atoms with E-state index in [9.17, 15) is 8.78 Å². The number of hydrogen-bond acceptors (Lipinski definition) is 5. The molecule has 0 spiro atoms. The first-order chi connectivity index (χ1) is 14.9. The Morgan fingerprint density at radius 3 is 2.55 bits per heavy atom. The highest BCUT2D eigenvalue weighted by Crippen LogP contribution is 2.35. The first-order valence-corrected chi connectivity index (χ1v) is 11.4. The van der Waals surface area contributed by atoms with Crippen LogP contribution in [0.15, 0.2) is 60.9 Å². The molecule has 2 heterocycles. The quantitative estimate of drug-likeness (QED) is 0.239. The highest BCUT2D eigenvalue weighted by molar-refractivity contribution is 7.18. The lowest BCUT2D eigenvalue weighted by Crippen LogP contribution is -2.04. The molecule has 31 heavy (non-hydrogen) atoms. The highest BCUT2D eigenvalue weighted by Gasteiger charge is 2.23. The summed E-state index contributed by atoms with van der Waals surface area (Å²) in [6, 6.07) is 14.9. The van der Waals surface area contributed by atoms with Gasteiger partial charge in [0.05, 0.1) is 4.88 Å². The molecule has 0 aliphatic heterocycles. The van der Waals surface area contributed by atoms with Crippen LogP contribution in [-0.4, -0.2) is 23.6 Å². The van der Waals surface area contributed by atoms with E-state index in [0.29, 0.717) is 0 Å². The number of aryl methyl sites for hydroxylation is 1. The monoisotopic (exact) mass is 456 g/mol. The second kappa shape index (κ2) is 9.25. The molecule has 0 radical (unpaired) electrons. The van der Waals surface area contributed by atoms with Crippen LogP contribution in [0.3, 0.4) is 0 Å². The summed E-state index contributed by atoms with van der Waals surface area (Å²) in [5.74, 6) is 0.841. The number of nitrogens with zero attached hydrogens (tertiary/aromatic N) is 2. The molecule has 0 bridgehead atoms. The number of benzene rings is 2. The van der Waals surface area contributed by atoms with Crippen molar-refractivity contribution in [2.45, 2.75) is 18.5 Å². The Morgan fingerprint density at radius 2 is 1.81 bits per heavy atom. The Hall–Kier alpha value is -2.63. The van der Waals surface area contributed by atoms with Gasteiger partial charge in [-0.25, -0.2) is 9.97 Å². The van der Waals surface area contributed by atoms with Gasteiger partial charge in [0.15, 0.2) is 5.13 Å². The molecule has 8 heteroatoms. The normalized spacial score (nSPS) is 11.6. The number of thiazole rings is 1. The Morgan fingerprint density at radius 1 is 1.00 bits per heavy atom. The fraction of sp³-hybridized carbons (Fsp3) is 0.217. The van der Waals surface area contributed by atoms with Gasteiger partial charge in [0.1, 0.15) is 5.82 Å². The van der Waals surface area contributed by atoms with Crippen molar-refractivity contribution in [2.75, 3.05) is 24.2 Å².